The molecule has 1 amide bonds. The highest BCUT2D eigenvalue weighted by Crippen LogP contribution is 2.31. The van der Waals surface area contributed by atoms with Crippen molar-refractivity contribution in [2.24, 2.45) is 10.8 Å². The molecule has 1 aliphatic heterocycles. The van der Waals surface area contributed by atoms with Crippen molar-refractivity contribution in [3.8, 4) is 0 Å². The second kappa shape index (κ2) is 6.02. The summed E-state index contributed by atoms with van der Waals surface area (Å²) in [5.74, 6) is 0.142. The van der Waals surface area contributed by atoms with Crippen LogP contribution >= 0.6 is 0 Å². The molecular weight excluding hydrogens is 228 g/mol. The Morgan fingerprint density at radius 2 is 2.17 bits per heavy atom. The lowest BCUT2D eigenvalue weighted by Crippen LogP contribution is -2.51. The van der Waals surface area contributed by atoms with Crippen LogP contribution in [0.15, 0.2) is 0 Å². The maximum Gasteiger partial charge on any atom is 0.227 e. The minimum Gasteiger partial charge on any atom is -0.396 e. The van der Waals surface area contributed by atoms with Crippen LogP contribution in [-0.2, 0) is 4.79 Å². The molecule has 1 saturated heterocycles. The van der Waals surface area contributed by atoms with Crippen molar-refractivity contribution < 1.29 is 9.90 Å². The third-order valence-electron chi connectivity index (χ3n) is 4.17. The van der Waals surface area contributed by atoms with Crippen molar-refractivity contribution in [1.29, 1.82) is 0 Å². The molecule has 18 heavy (non-hydrogen) atoms. The van der Waals surface area contributed by atoms with E-state index in [2.05, 4.69) is 38.3 Å². The molecule has 0 bridgehead atoms. The molecule has 4 nitrogen and oxygen atoms in total. The largest absolute Gasteiger partial charge is 0.396 e. The number of rotatable bonds is 5. The van der Waals surface area contributed by atoms with Crippen LogP contribution in [0.5, 0.6) is 0 Å². The first-order valence-corrected chi connectivity index (χ1v) is 6.98. The van der Waals surface area contributed by atoms with Crippen molar-refractivity contribution >= 4 is 5.91 Å². The fourth-order valence-electron chi connectivity index (χ4n) is 2.56. The smallest absolute Gasteiger partial charge is 0.227 e. The van der Waals surface area contributed by atoms with Gasteiger partial charge in [-0.15, -0.1) is 0 Å². The van der Waals surface area contributed by atoms with Crippen LogP contribution in [0.25, 0.3) is 0 Å². The fraction of sp³-hybridized carbons (Fsp3) is 0.929. The summed E-state index contributed by atoms with van der Waals surface area (Å²) in [4.78, 5) is 12.5. The summed E-state index contributed by atoms with van der Waals surface area (Å²) in [6, 6.07) is 0.0269. The van der Waals surface area contributed by atoms with Gasteiger partial charge in [-0.05, 0) is 31.2 Å². The zero-order valence-corrected chi connectivity index (χ0v) is 12.2. The molecule has 0 spiro atoms. The third-order valence-corrected chi connectivity index (χ3v) is 4.17. The molecule has 3 N–H and O–H groups in total. The topological polar surface area (TPSA) is 61.4 Å². The third kappa shape index (κ3) is 3.45. The quantitative estimate of drug-likeness (QED) is 0.694. The normalized spacial score (nSPS) is 26.1. The molecule has 0 radical (unpaired) electrons. The predicted octanol–water partition coefficient (Wildman–Crippen LogP) is 1.29. The van der Waals surface area contributed by atoms with Gasteiger partial charge in [-0.1, -0.05) is 27.7 Å². The number of carbonyl (C=O) groups excluding carboxylic acids is 1. The van der Waals surface area contributed by atoms with E-state index in [1.165, 1.54) is 0 Å². The van der Waals surface area contributed by atoms with E-state index < -0.39 is 0 Å². The Morgan fingerprint density at radius 3 is 2.56 bits per heavy atom. The van der Waals surface area contributed by atoms with E-state index in [4.69, 9.17) is 5.11 Å². The minimum atomic E-state index is -0.251. The van der Waals surface area contributed by atoms with Crippen LogP contribution in [0.4, 0.5) is 0 Å². The van der Waals surface area contributed by atoms with Gasteiger partial charge in [0.05, 0.1) is 5.41 Å². The molecule has 2 atom stereocenters. The van der Waals surface area contributed by atoms with Gasteiger partial charge in [-0.2, -0.15) is 0 Å². The second-order valence-corrected chi connectivity index (χ2v) is 6.47. The molecule has 0 aromatic carbocycles. The van der Waals surface area contributed by atoms with Crippen LogP contribution in [0, 0.1) is 10.8 Å². The SMILES string of the molecule is CCC1(C(=O)NC(CCO)C(C)(C)C)CCNC1. The molecule has 1 fully saturated rings. The van der Waals surface area contributed by atoms with Crippen LogP contribution < -0.4 is 10.6 Å². The zero-order valence-electron chi connectivity index (χ0n) is 12.2. The Labute approximate surface area is 111 Å². The molecule has 4 heteroatoms. The van der Waals surface area contributed by atoms with Gasteiger partial charge in [0.1, 0.15) is 0 Å². The molecule has 0 aromatic heterocycles. The van der Waals surface area contributed by atoms with Gasteiger partial charge in [0, 0.05) is 19.2 Å². The molecule has 0 aromatic rings. The maximum atomic E-state index is 12.5. The van der Waals surface area contributed by atoms with Crippen molar-refractivity contribution in [1.82, 2.24) is 10.6 Å². The molecule has 1 heterocycles. The number of hydrogen-bond donors (Lipinski definition) is 3. The molecular formula is C14H28N2O2. The number of nitrogens with one attached hydrogen (secondary N) is 2. The first kappa shape index (κ1) is 15.4. The lowest BCUT2D eigenvalue weighted by Gasteiger charge is -2.35. The lowest BCUT2D eigenvalue weighted by molar-refractivity contribution is -0.132. The zero-order chi connectivity index (χ0) is 13.8. The number of carbonyl (C=O) groups is 1. The van der Waals surface area contributed by atoms with E-state index in [-0.39, 0.29) is 29.4 Å². The predicted molar refractivity (Wildman–Crippen MR) is 73.3 cm³/mol. The van der Waals surface area contributed by atoms with Crippen molar-refractivity contribution in [3.63, 3.8) is 0 Å². The number of amides is 1. The average Bonchev–Trinajstić information content (AvgIpc) is 2.76. The highest BCUT2D eigenvalue weighted by atomic mass is 16.3. The van der Waals surface area contributed by atoms with Gasteiger partial charge in [-0.3, -0.25) is 4.79 Å². The molecule has 0 aliphatic carbocycles. The first-order chi connectivity index (χ1) is 8.35. The summed E-state index contributed by atoms with van der Waals surface area (Å²) in [6.45, 7) is 10.2. The standard InChI is InChI=1S/C14H28N2O2/c1-5-14(7-8-15-10-14)12(18)16-11(6-9-17)13(2,3)4/h11,15,17H,5-10H2,1-4H3,(H,16,18). The van der Waals surface area contributed by atoms with Crippen molar-refractivity contribution in [3.05, 3.63) is 0 Å². The Hall–Kier alpha value is -0.610. The van der Waals surface area contributed by atoms with E-state index >= 15 is 0 Å². The highest BCUT2D eigenvalue weighted by molar-refractivity contribution is 5.83. The number of hydrogen-bond acceptors (Lipinski definition) is 3. The van der Waals surface area contributed by atoms with E-state index in [0.717, 1.165) is 25.9 Å². The van der Waals surface area contributed by atoms with Crippen LogP contribution in [0.1, 0.15) is 47.0 Å². The first-order valence-electron chi connectivity index (χ1n) is 6.98. The number of aliphatic hydroxyl groups excluding tert-OH is 1. The van der Waals surface area contributed by atoms with Crippen LogP contribution in [0.2, 0.25) is 0 Å². The summed E-state index contributed by atoms with van der Waals surface area (Å²) in [7, 11) is 0. The van der Waals surface area contributed by atoms with Gasteiger partial charge in [0.15, 0.2) is 0 Å². The number of aliphatic hydroxyl groups is 1. The van der Waals surface area contributed by atoms with E-state index in [1.807, 2.05) is 0 Å². The summed E-state index contributed by atoms with van der Waals surface area (Å²) in [5.41, 5.74) is -0.279. The molecule has 0 saturated carbocycles. The van der Waals surface area contributed by atoms with Crippen molar-refractivity contribution in [2.75, 3.05) is 19.7 Å². The Bertz CT molecular complexity index is 278. The van der Waals surface area contributed by atoms with Crippen molar-refractivity contribution in [2.45, 2.75) is 53.0 Å². The van der Waals surface area contributed by atoms with Gasteiger partial charge in [0.25, 0.3) is 0 Å². The fourth-order valence-corrected chi connectivity index (χ4v) is 2.56. The molecule has 2 unspecified atom stereocenters. The summed E-state index contributed by atoms with van der Waals surface area (Å²) < 4.78 is 0. The second-order valence-electron chi connectivity index (χ2n) is 6.47. The van der Waals surface area contributed by atoms with E-state index in [9.17, 15) is 4.79 Å². The summed E-state index contributed by atoms with van der Waals surface area (Å²) in [5, 5.41) is 15.6. The van der Waals surface area contributed by atoms with Crippen LogP contribution in [-0.4, -0.2) is 36.8 Å². The summed E-state index contributed by atoms with van der Waals surface area (Å²) >= 11 is 0. The highest BCUT2D eigenvalue weighted by Gasteiger charge is 2.41. The van der Waals surface area contributed by atoms with Crippen LogP contribution in [0.3, 0.4) is 0 Å². The monoisotopic (exact) mass is 256 g/mol. The van der Waals surface area contributed by atoms with Gasteiger partial charge in [0.2, 0.25) is 5.91 Å². The Morgan fingerprint density at radius 1 is 1.50 bits per heavy atom. The molecule has 1 rings (SSSR count). The molecule has 1 aliphatic rings. The van der Waals surface area contributed by atoms with Gasteiger partial charge < -0.3 is 15.7 Å². The van der Waals surface area contributed by atoms with E-state index in [0.29, 0.717) is 6.42 Å². The van der Waals surface area contributed by atoms with E-state index in [1.54, 1.807) is 0 Å². The molecule has 106 valence electrons. The maximum absolute atomic E-state index is 12.5. The summed E-state index contributed by atoms with van der Waals surface area (Å²) in [6.07, 6.45) is 2.38. The van der Waals surface area contributed by atoms with Gasteiger partial charge >= 0.3 is 0 Å². The Kier molecular flexibility index (Phi) is 5.17. The van der Waals surface area contributed by atoms with Gasteiger partial charge in [-0.25, -0.2) is 0 Å². The minimum absolute atomic E-state index is 0.0269. The Balaban J connectivity index is 2.71. The average molecular weight is 256 g/mol. The lowest BCUT2D eigenvalue weighted by atomic mass is 9.80.